The van der Waals surface area contributed by atoms with Gasteiger partial charge in [0.2, 0.25) is 0 Å². The van der Waals surface area contributed by atoms with Crippen LogP contribution in [-0.4, -0.2) is 32.1 Å². The summed E-state index contributed by atoms with van der Waals surface area (Å²) < 4.78 is 10.3. The highest BCUT2D eigenvalue weighted by molar-refractivity contribution is 5.81. The van der Waals surface area contributed by atoms with Crippen molar-refractivity contribution in [2.75, 3.05) is 20.3 Å². The van der Waals surface area contributed by atoms with E-state index in [-0.39, 0.29) is 18.9 Å². The van der Waals surface area contributed by atoms with Crippen LogP contribution in [-0.2, 0) is 20.7 Å². The van der Waals surface area contributed by atoms with Crippen LogP contribution in [0.5, 0.6) is 5.75 Å². The minimum Gasteiger partial charge on any atom is -0.497 e. The second kappa shape index (κ2) is 7.53. The number of esters is 1. The van der Waals surface area contributed by atoms with Crippen molar-refractivity contribution in [1.29, 1.82) is 0 Å². The molecule has 1 aromatic rings. The minimum atomic E-state index is -0.395. The van der Waals surface area contributed by atoms with Crippen molar-refractivity contribution in [3.63, 3.8) is 0 Å². The molecular weight excluding hydrogens is 342 g/mol. The Bertz CT molecular complexity index is 679. The van der Waals surface area contributed by atoms with Gasteiger partial charge < -0.3 is 14.8 Å². The Kier molecular flexibility index (Phi) is 5.11. The highest BCUT2D eigenvalue weighted by Crippen LogP contribution is 2.59. The Morgan fingerprint density at radius 2 is 1.78 bits per heavy atom. The number of rotatable bonds is 7. The van der Waals surface area contributed by atoms with Crippen LogP contribution < -0.4 is 10.1 Å². The van der Waals surface area contributed by atoms with Crippen molar-refractivity contribution in [3.05, 3.63) is 29.8 Å². The molecule has 0 saturated heterocycles. The summed E-state index contributed by atoms with van der Waals surface area (Å²) in [6.07, 6.45) is 8.11. The van der Waals surface area contributed by atoms with Gasteiger partial charge in [-0.25, -0.2) is 0 Å². The Morgan fingerprint density at radius 1 is 1.11 bits per heavy atom. The Balaban J connectivity index is 1.21. The lowest BCUT2D eigenvalue weighted by Crippen LogP contribution is -2.51. The Hall–Kier alpha value is -2.04. The third-order valence-electron chi connectivity index (χ3n) is 6.67. The van der Waals surface area contributed by atoms with E-state index in [1.807, 2.05) is 18.2 Å². The average Bonchev–Trinajstić information content (AvgIpc) is 2.64. The maximum Gasteiger partial charge on any atom is 0.310 e. The molecule has 27 heavy (non-hydrogen) atoms. The monoisotopic (exact) mass is 371 g/mol. The van der Waals surface area contributed by atoms with Gasteiger partial charge in [-0.05, 0) is 79.4 Å². The lowest BCUT2D eigenvalue weighted by atomic mass is 9.49. The predicted molar refractivity (Wildman–Crippen MR) is 101 cm³/mol. The highest BCUT2D eigenvalue weighted by Gasteiger charge is 2.50. The normalized spacial score (nSPS) is 30.8. The average molecular weight is 371 g/mol. The molecule has 1 amide bonds. The second-order valence-corrected chi connectivity index (χ2v) is 8.88. The summed E-state index contributed by atoms with van der Waals surface area (Å²) in [5.74, 6) is 2.73. The zero-order valence-corrected chi connectivity index (χ0v) is 16.0. The van der Waals surface area contributed by atoms with Crippen molar-refractivity contribution < 1.29 is 19.1 Å². The van der Waals surface area contributed by atoms with E-state index in [1.54, 1.807) is 13.2 Å². The number of nitrogens with one attached hydrogen (secondary N) is 1. The summed E-state index contributed by atoms with van der Waals surface area (Å²) in [5.41, 5.74) is 1.11. The summed E-state index contributed by atoms with van der Waals surface area (Å²) >= 11 is 0. The number of hydrogen-bond donors (Lipinski definition) is 1. The first-order chi connectivity index (χ1) is 13.0. The summed E-state index contributed by atoms with van der Waals surface area (Å²) in [7, 11) is 1.59. The molecule has 5 heteroatoms. The number of hydrogen-bond acceptors (Lipinski definition) is 4. The van der Waals surface area contributed by atoms with Crippen molar-refractivity contribution >= 4 is 11.9 Å². The molecule has 5 rings (SSSR count). The van der Waals surface area contributed by atoms with E-state index in [0.29, 0.717) is 11.2 Å². The van der Waals surface area contributed by atoms with E-state index >= 15 is 0 Å². The number of methoxy groups -OCH3 is 1. The number of ether oxygens (including phenoxy) is 2. The van der Waals surface area contributed by atoms with Gasteiger partial charge in [0.05, 0.1) is 13.5 Å². The minimum absolute atomic E-state index is 0.138. The van der Waals surface area contributed by atoms with Gasteiger partial charge in [0.25, 0.3) is 5.91 Å². The second-order valence-electron chi connectivity index (χ2n) is 8.88. The fourth-order valence-electron chi connectivity index (χ4n) is 5.99. The number of benzene rings is 1. The molecule has 1 N–H and O–H groups in total. The number of carbonyl (C=O) groups is 2. The molecule has 146 valence electrons. The lowest BCUT2D eigenvalue weighted by Gasteiger charge is -2.56. The third kappa shape index (κ3) is 4.28. The smallest absolute Gasteiger partial charge is 0.310 e. The zero-order valence-electron chi connectivity index (χ0n) is 16.0. The van der Waals surface area contributed by atoms with Crippen molar-refractivity contribution in [2.45, 2.75) is 44.9 Å². The maximum absolute atomic E-state index is 12.2. The van der Waals surface area contributed by atoms with Crippen LogP contribution in [0.2, 0.25) is 0 Å². The van der Waals surface area contributed by atoms with Gasteiger partial charge in [0, 0.05) is 6.54 Å². The molecule has 0 unspecified atom stereocenters. The molecule has 0 aromatic heterocycles. The van der Waals surface area contributed by atoms with Crippen LogP contribution in [0.1, 0.15) is 44.1 Å². The Morgan fingerprint density at radius 3 is 2.41 bits per heavy atom. The molecule has 4 fully saturated rings. The van der Waals surface area contributed by atoms with Crippen LogP contribution in [0.4, 0.5) is 0 Å². The van der Waals surface area contributed by atoms with Gasteiger partial charge in [0.1, 0.15) is 5.75 Å². The molecule has 0 spiro atoms. The molecule has 4 aliphatic rings. The molecule has 0 aliphatic heterocycles. The molecule has 5 nitrogen and oxygen atoms in total. The van der Waals surface area contributed by atoms with Gasteiger partial charge in [-0.1, -0.05) is 12.1 Å². The quantitative estimate of drug-likeness (QED) is 0.748. The zero-order chi connectivity index (χ0) is 18.9. The fraction of sp³-hybridized carbons (Fsp3) is 0.636. The molecule has 0 radical (unpaired) electrons. The molecule has 0 heterocycles. The van der Waals surface area contributed by atoms with Crippen molar-refractivity contribution in [2.24, 2.45) is 23.2 Å². The Labute approximate surface area is 160 Å². The van der Waals surface area contributed by atoms with Crippen LogP contribution >= 0.6 is 0 Å². The molecule has 4 aliphatic carbocycles. The predicted octanol–water partition coefficient (Wildman–Crippen LogP) is 3.11. The van der Waals surface area contributed by atoms with Gasteiger partial charge in [-0.3, -0.25) is 9.59 Å². The number of amides is 1. The highest BCUT2D eigenvalue weighted by atomic mass is 16.5. The topological polar surface area (TPSA) is 64.6 Å². The third-order valence-corrected chi connectivity index (χ3v) is 6.67. The standard InChI is InChI=1S/C22H29NO4/c1-26-19-4-2-3-15(8-19)9-21(25)27-13-20(24)23-14-22-10-16-5-17(11-22)7-18(6-16)12-22/h2-4,8,16-18H,5-7,9-14H2,1H3,(H,23,24). The largest absolute Gasteiger partial charge is 0.497 e. The van der Waals surface area contributed by atoms with Gasteiger partial charge in [0.15, 0.2) is 6.61 Å². The first-order valence-electron chi connectivity index (χ1n) is 10.1. The first-order valence-corrected chi connectivity index (χ1v) is 10.1. The SMILES string of the molecule is COc1cccc(CC(=O)OCC(=O)NCC23CC4CC(CC(C4)C2)C3)c1. The molecule has 1 aromatic carbocycles. The van der Waals surface area contributed by atoms with Crippen LogP contribution in [0, 0.1) is 23.2 Å². The summed E-state index contributed by atoms with van der Waals surface area (Å²) in [4.78, 5) is 24.2. The lowest BCUT2D eigenvalue weighted by molar-refractivity contribution is -0.148. The van der Waals surface area contributed by atoms with E-state index in [4.69, 9.17) is 9.47 Å². The van der Waals surface area contributed by atoms with Crippen molar-refractivity contribution in [3.8, 4) is 5.75 Å². The van der Waals surface area contributed by atoms with Crippen molar-refractivity contribution in [1.82, 2.24) is 5.32 Å². The maximum atomic E-state index is 12.2. The van der Waals surface area contributed by atoms with Gasteiger partial charge in [-0.2, -0.15) is 0 Å². The van der Waals surface area contributed by atoms with Crippen LogP contribution in [0.25, 0.3) is 0 Å². The van der Waals surface area contributed by atoms with Crippen LogP contribution in [0.3, 0.4) is 0 Å². The van der Waals surface area contributed by atoms with Gasteiger partial charge in [-0.15, -0.1) is 0 Å². The fourth-order valence-corrected chi connectivity index (χ4v) is 5.99. The first kappa shape index (κ1) is 18.3. The molecule has 4 bridgehead atoms. The van der Waals surface area contributed by atoms with E-state index in [1.165, 1.54) is 38.5 Å². The van der Waals surface area contributed by atoms with E-state index in [0.717, 1.165) is 29.9 Å². The van der Waals surface area contributed by atoms with E-state index in [2.05, 4.69) is 5.32 Å². The van der Waals surface area contributed by atoms with E-state index in [9.17, 15) is 9.59 Å². The molecule has 0 atom stereocenters. The van der Waals surface area contributed by atoms with Crippen LogP contribution in [0.15, 0.2) is 24.3 Å². The summed E-state index contributed by atoms with van der Waals surface area (Å²) in [6, 6.07) is 7.30. The molecular formula is C22H29NO4. The number of carbonyl (C=O) groups excluding carboxylic acids is 2. The molecule has 4 saturated carbocycles. The van der Waals surface area contributed by atoms with Gasteiger partial charge >= 0.3 is 5.97 Å². The summed E-state index contributed by atoms with van der Waals surface area (Å²) in [5, 5.41) is 3.04. The summed E-state index contributed by atoms with van der Waals surface area (Å²) in [6.45, 7) is 0.540. The van der Waals surface area contributed by atoms with E-state index < -0.39 is 5.97 Å².